The maximum atomic E-state index is 6.35. The van der Waals surface area contributed by atoms with Crippen LogP contribution in [-0.4, -0.2) is 29.5 Å². The number of nitrogens with zero attached hydrogens (tertiary/aromatic N) is 2. The smallest absolute Gasteiger partial charge is 0.131 e. The summed E-state index contributed by atoms with van der Waals surface area (Å²) in [5, 5.41) is 2.21. The molecule has 2 heterocycles. The van der Waals surface area contributed by atoms with Crippen molar-refractivity contribution in [1.82, 2.24) is 9.88 Å². The quantitative estimate of drug-likeness (QED) is 0.751. The molecule has 1 fully saturated rings. The van der Waals surface area contributed by atoms with E-state index in [4.69, 9.17) is 5.73 Å². The summed E-state index contributed by atoms with van der Waals surface area (Å²) in [5.74, 6) is 1.09. The standard InChI is InChI=1S/C25H27N3/c1-2-13-28-17-21(18-28)24-16-27-25(26)23(15-20-11-7-4-8-12-20)22(24)14-19-9-5-3-6-10-19/h3-12,14-16,21H,2,13,17-18H2,1H3,(H2,26,27). The van der Waals surface area contributed by atoms with E-state index in [1.807, 2.05) is 18.3 Å². The van der Waals surface area contributed by atoms with Crippen LogP contribution in [0.3, 0.4) is 0 Å². The number of aromatic nitrogens is 1. The number of hydrogen-bond donors (Lipinski definition) is 1. The van der Waals surface area contributed by atoms with Crippen molar-refractivity contribution < 1.29 is 0 Å². The first kappa shape index (κ1) is 18.5. The Morgan fingerprint density at radius 3 is 2.07 bits per heavy atom. The third kappa shape index (κ3) is 4.00. The molecule has 142 valence electrons. The third-order valence-corrected chi connectivity index (χ3v) is 5.38. The van der Waals surface area contributed by atoms with E-state index >= 15 is 0 Å². The Labute approximate surface area is 166 Å². The lowest BCUT2D eigenvalue weighted by Crippen LogP contribution is -2.48. The van der Waals surface area contributed by atoms with Gasteiger partial charge in [-0.1, -0.05) is 67.6 Å². The van der Waals surface area contributed by atoms with E-state index in [2.05, 4.69) is 77.5 Å². The number of likely N-dealkylation sites (tertiary alicyclic amines) is 1. The Balaban J connectivity index is 1.87. The van der Waals surface area contributed by atoms with Crippen molar-refractivity contribution in [2.24, 2.45) is 0 Å². The lowest BCUT2D eigenvalue weighted by atomic mass is 9.89. The van der Waals surface area contributed by atoms with Gasteiger partial charge >= 0.3 is 0 Å². The lowest BCUT2D eigenvalue weighted by molar-refractivity contribution is 0.148. The molecule has 1 aliphatic rings. The molecular weight excluding hydrogens is 342 g/mol. The monoisotopic (exact) mass is 369 g/mol. The Morgan fingerprint density at radius 2 is 1.50 bits per heavy atom. The van der Waals surface area contributed by atoms with Crippen LogP contribution in [0.15, 0.2) is 66.9 Å². The number of nitrogen functional groups attached to an aromatic ring is 1. The summed E-state index contributed by atoms with van der Waals surface area (Å²) in [4.78, 5) is 7.07. The Kier molecular flexibility index (Phi) is 5.54. The van der Waals surface area contributed by atoms with Crippen LogP contribution in [0.5, 0.6) is 0 Å². The molecule has 0 bridgehead atoms. The molecule has 1 saturated heterocycles. The van der Waals surface area contributed by atoms with Gasteiger partial charge in [-0.05, 0) is 47.0 Å². The van der Waals surface area contributed by atoms with Crippen LogP contribution < -0.4 is 16.2 Å². The van der Waals surface area contributed by atoms with Gasteiger partial charge in [-0.2, -0.15) is 0 Å². The van der Waals surface area contributed by atoms with Crippen LogP contribution in [0.2, 0.25) is 0 Å². The minimum atomic E-state index is 0.512. The van der Waals surface area contributed by atoms with Gasteiger partial charge in [0.1, 0.15) is 5.82 Å². The highest BCUT2D eigenvalue weighted by Crippen LogP contribution is 2.24. The summed E-state index contributed by atoms with van der Waals surface area (Å²) in [5.41, 5.74) is 9.97. The Hall–Kier alpha value is -2.91. The van der Waals surface area contributed by atoms with Crippen molar-refractivity contribution in [2.45, 2.75) is 19.3 Å². The van der Waals surface area contributed by atoms with Crippen LogP contribution in [0.1, 0.15) is 36.0 Å². The van der Waals surface area contributed by atoms with Gasteiger partial charge in [-0.3, -0.25) is 0 Å². The largest absolute Gasteiger partial charge is 0.383 e. The fourth-order valence-corrected chi connectivity index (χ4v) is 3.91. The van der Waals surface area contributed by atoms with Gasteiger partial charge in [0.05, 0.1) is 0 Å². The minimum Gasteiger partial charge on any atom is -0.383 e. The number of anilines is 1. The summed E-state index contributed by atoms with van der Waals surface area (Å²) in [7, 11) is 0. The number of rotatable bonds is 5. The zero-order valence-electron chi connectivity index (χ0n) is 16.4. The Bertz CT molecular complexity index is 1040. The first-order valence-electron chi connectivity index (χ1n) is 10.0. The highest BCUT2D eigenvalue weighted by Gasteiger charge is 2.28. The SMILES string of the molecule is CCCN1CC(c2cnc(N)c(=Cc3ccccc3)c2=Cc2ccccc2)C1. The van der Waals surface area contributed by atoms with Crippen molar-refractivity contribution in [3.05, 3.63) is 94.0 Å². The van der Waals surface area contributed by atoms with Gasteiger partial charge in [0.2, 0.25) is 0 Å². The van der Waals surface area contributed by atoms with E-state index in [0.29, 0.717) is 11.7 Å². The van der Waals surface area contributed by atoms with Crippen LogP contribution in [0.4, 0.5) is 5.82 Å². The van der Waals surface area contributed by atoms with Crippen molar-refractivity contribution in [1.29, 1.82) is 0 Å². The molecule has 2 aromatic carbocycles. The van der Waals surface area contributed by atoms with Gasteiger partial charge < -0.3 is 10.6 Å². The predicted molar refractivity (Wildman–Crippen MR) is 117 cm³/mol. The summed E-state index contributed by atoms with van der Waals surface area (Å²) >= 11 is 0. The minimum absolute atomic E-state index is 0.512. The second-order valence-corrected chi connectivity index (χ2v) is 7.49. The van der Waals surface area contributed by atoms with Crippen molar-refractivity contribution in [2.75, 3.05) is 25.4 Å². The van der Waals surface area contributed by atoms with E-state index in [0.717, 1.165) is 23.9 Å². The summed E-state index contributed by atoms with van der Waals surface area (Å²) in [6.45, 7) is 5.60. The summed E-state index contributed by atoms with van der Waals surface area (Å²) in [6, 6.07) is 20.8. The Morgan fingerprint density at radius 1 is 0.929 bits per heavy atom. The van der Waals surface area contributed by atoms with Crippen LogP contribution in [0, 0.1) is 0 Å². The number of nitrogens with two attached hydrogens (primary N) is 1. The van der Waals surface area contributed by atoms with Crippen molar-refractivity contribution in [3.63, 3.8) is 0 Å². The average Bonchev–Trinajstić information content (AvgIpc) is 2.69. The molecular formula is C25H27N3. The molecule has 2 N–H and O–H groups in total. The maximum Gasteiger partial charge on any atom is 0.131 e. The third-order valence-electron chi connectivity index (χ3n) is 5.38. The second-order valence-electron chi connectivity index (χ2n) is 7.49. The summed E-state index contributed by atoms with van der Waals surface area (Å²) < 4.78 is 0. The van der Waals surface area contributed by atoms with Crippen LogP contribution in [-0.2, 0) is 0 Å². The normalized spacial score (nSPS) is 16.3. The molecule has 0 radical (unpaired) electrons. The van der Waals surface area contributed by atoms with Gasteiger partial charge in [-0.15, -0.1) is 0 Å². The molecule has 3 aromatic rings. The fourth-order valence-electron chi connectivity index (χ4n) is 3.91. The zero-order valence-corrected chi connectivity index (χ0v) is 16.4. The van der Waals surface area contributed by atoms with E-state index in [9.17, 15) is 0 Å². The first-order valence-corrected chi connectivity index (χ1v) is 10.0. The molecule has 4 rings (SSSR count). The van der Waals surface area contributed by atoms with Gasteiger partial charge in [0.15, 0.2) is 0 Å². The molecule has 0 unspecified atom stereocenters. The molecule has 0 amide bonds. The van der Waals surface area contributed by atoms with Crippen LogP contribution in [0.25, 0.3) is 12.2 Å². The average molecular weight is 370 g/mol. The molecule has 1 aliphatic heterocycles. The van der Waals surface area contributed by atoms with E-state index < -0.39 is 0 Å². The van der Waals surface area contributed by atoms with Gasteiger partial charge in [0, 0.05) is 30.4 Å². The second kappa shape index (κ2) is 8.41. The molecule has 0 spiro atoms. The van der Waals surface area contributed by atoms with E-state index in [1.54, 1.807) is 0 Å². The molecule has 3 heteroatoms. The molecule has 28 heavy (non-hydrogen) atoms. The number of hydrogen-bond acceptors (Lipinski definition) is 3. The first-order chi connectivity index (χ1) is 13.7. The van der Waals surface area contributed by atoms with Crippen molar-refractivity contribution >= 4 is 18.0 Å². The van der Waals surface area contributed by atoms with E-state index in [1.165, 1.54) is 29.3 Å². The highest BCUT2D eigenvalue weighted by atomic mass is 15.2. The van der Waals surface area contributed by atoms with E-state index in [-0.39, 0.29) is 0 Å². The maximum absolute atomic E-state index is 6.35. The fraction of sp³-hybridized carbons (Fsp3) is 0.240. The predicted octanol–water partition coefficient (Wildman–Crippen LogP) is 3.13. The number of pyridine rings is 1. The summed E-state index contributed by atoms with van der Waals surface area (Å²) in [6.07, 6.45) is 7.59. The molecule has 0 atom stereocenters. The lowest BCUT2D eigenvalue weighted by Gasteiger charge is -2.39. The molecule has 3 nitrogen and oxygen atoms in total. The molecule has 0 aliphatic carbocycles. The number of benzene rings is 2. The van der Waals surface area contributed by atoms with Crippen molar-refractivity contribution in [3.8, 4) is 0 Å². The van der Waals surface area contributed by atoms with Gasteiger partial charge in [0.25, 0.3) is 0 Å². The molecule has 0 saturated carbocycles. The topological polar surface area (TPSA) is 42.2 Å². The van der Waals surface area contributed by atoms with Gasteiger partial charge in [-0.25, -0.2) is 4.98 Å². The van der Waals surface area contributed by atoms with Crippen LogP contribution >= 0.6 is 0 Å². The molecule has 1 aromatic heterocycles. The highest BCUT2D eigenvalue weighted by molar-refractivity contribution is 5.59. The zero-order chi connectivity index (χ0) is 19.3.